The number of carboxylic acids is 2. The summed E-state index contributed by atoms with van der Waals surface area (Å²) in [5.41, 5.74) is 5.94. The zero-order valence-corrected chi connectivity index (χ0v) is 19.9. The van der Waals surface area contributed by atoms with Crippen LogP contribution in [-0.4, -0.2) is 69.7 Å². The molecular formula is C22H24ClF3N4O6. The van der Waals surface area contributed by atoms with E-state index in [1.807, 2.05) is 4.57 Å². The highest BCUT2D eigenvalue weighted by Gasteiger charge is 2.51. The lowest BCUT2D eigenvalue weighted by Crippen LogP contribution is -2.44. The number of aromatic carboxylic acids is 1. The maximum Gasteiger partial charge on any atom is 0.490 e. The number of hydrogen-bond donors (Lipinski definition) is 3. The molecule has 36 heavy (non-hydrogen) atoms. The molecule has 4 N–H and O–H groups in total. The normalized spacial score (nSPS) is 23.4. The van der Waals surface area contributed by atoms with Gasteiger partial charge < -0.3 is 30.2 Å². The second-order valence-electron chi connectivity index (χ2n) is 9.16. The molecular weight excluding hydrogens is 509 g/mol. The lowest BCUT2D eigenvalue weighted by atomic mass is 9.91. The number of aromatic nitrogens is 2. The number of alkyl halides is 3. The quantitative estimate of drug-likeness (QED) is 0.540. The molecule has 10 nitrogen and oxygen atoms in total. The smallest absolute Gasteiger partial charge is 0.477 e. The van der Waals surface area contributed by atoms with Gasteiger partial charge in [0.15, 0.2) is 0 Å². The fraction of sp³-hybridized carbons (Fsp3) is 0.545. The molecule has 0 bridgehead atoms. The van der Waals surface area contributed by atoms with Crippen molar-refractivity contribution in [2.45, 2.75) is 44.0 Å². The van der Waals surface area contributed by atoms with Crippen LogP contribution >= 0.6 is 11.6 Å². The van der Waals surface area contributed by atoms with Crippen molar-refractivity contribution in [1.29, 1.82) is 0 Å². The molecule has 2 saturated heterocycles. The number of pyridine rings is 2. The van der Waals surface area contributed by atoms with Gasteiger partial charge in [0.2, 0.25) is 5.43 Å². The molecule has 14 heteroatoms. The van der Waals surface area contributed by atoms with Crippen LogP contribution in [0.1, 0.15) is 41.4 Å². The fourth-order valence-electron chi connectivity index (χ4n) is 4.89. The highest BCUT2D eigenvalue weighted by atomic mass is 35.5. The van der Waals surface area contributed by atoms with Gasteiger partial charge in [0.25, 0.3) is 0 Å². The number of aryl methyl sites for hydroxylation is 1. The van der Waals surface area contributed by atoms with Crippen LogP contribution in [0.25, 0.3) is 10.9 Å². The Morgan fingerprint density at radius 1 is 1.31 bits per heavy atom. The number of carbonyl (C=O) groups is 2. The lowest BCUT2D eigenvalue weighted by Gasteiger charge is -2.27. The van der Waals surface area contributed by atoms with Crippen molar-refractivity contribution in [3.05, 3.63) is 32.7 Å². The zero-order valence-electron chi connectivity index (χ0n) is 19.1. The van der Waals surface area contributed by atoms with E-state index in [-0.39, 0.29) is 22.6 Å². The third-order valence-corrected chi connectivity index (χ3v) is 7.18. The predicted molar refractivity (Wildman–Crippen MR) is 123 cm³/mol. The van der Waals surface area contributed by atoms with Gasteiger partial charge in [-0.2, -0.15) is 13.2 Å². The number of aliphatic carboxylic acids is 1. The first kappa shape index (κ1) is 26.2. The van der Waals surface area contributed by atoms with E-state index < -0.39 is 23.5 Å². The summed E-state index contributed by atoms with van der Waals surface area (Å²) < 4.78 is 39.6. The molecule has 196 valence electrons. The molecule has 2 aromatic rings. The van der Waals surface area contributed by atoms with Crippen molar-refractivity contribution < 1.29 is 37.7 Å². The van der Waals surface area contributed by atoms with Gasteiger partial charge in [-0.3, -0.25) is 4.79 Å². The summed E-state index contributed by atoms with van der Waals surface area (Å²) in [6.45, 7) is 4.24. The summed E-state index contributed by atoms with van der Waals surface area (Å²) in [5, 5.41) is 17.3. The Morgan fingerprint density at radius 3 is 2.44 bits per heavy atom. The van der Waals surface area contributed by atoms with Crippen LogP contribution in [0.3, 0.4) is 0 Å². The minimum atomic E-state index is -5.08. The molecule has 2 atom stereocenters. The van der Waals surface area contributed by atoms with E-state index in [1.54, 1.807) is 6.92 Å². The van der Waals surface area contributed by atoms with Gasteiger partial charge in [0.05, 0.1) is 23.1 Å². The van der Waals surface area contributed by atoms with E-state index in [2.05, 4.69) is 9.88 Å². The van der Waals surface area contributed by atoms with Gasteiger partial charge >= 0.3 is 18.1 Å². The Morgan fingerprint density at radius 2 is 1.94 bits per heavy atom. The van der Waals surface area contributed by atoms with Crippen molar-refractivity contribution in [1.82, 2.24) is 9.55 Å². The molecule has 5 rings (SSSR count). The number of hydrogen-bond acceptors (Lipinski definition) is 7. The number of anilines is 1. The van der Waals surface area contributed by atoms with Crippen molar-refractivity contribution in [2.75, 3.05) is 31.1 Å². The standard InChI is InChI=1S/C20H23ClN4O4.C2HF3O2/c1-10-14-16(25(12-2-3-12)7-13(17(14)26)19(27)28)15(21)18(23-10)24-6-11-4-5-29-20(11,8-22)9-24;3-2(4,5)1(6)7/h7,11-12H,2-6,8-9,22H2,1H3,(H,27,28);(H,6,7). The zero-order chi connectivity index (χ0) is 26.6. The van der Waals surface area contributed by atoms with Gasteiger partial charge in [0, 0.05) is 37.9 Å². The Balaban J connectivity index is 0.000000384. The highest BCUT2D eigenvalue weighted by Crippen LogP contribution is 2.44. The van der Waals surface area contributed by atoms with Crippen LogP contribution in [0.5, 0.6) is 0 Å². The third-order valence-electron chi connectivity index (χ3n) is 6.83. The maximum atomic E-state index is 12.9. The van der Waals surface area contributed by atoms with E-state index in [0.29, 0.717) is 47.7 Å². The Hall–Kier alpha value is -2.90. The first-order valence-corrected chi connectivity index (χ1v) is 11.6. The molecule has 2 unspecified atom stereocenters. The summed E-state index contributed by atoms with van der Waals surface area (Å²) in [7, 11) is 0. The summed E-state index contributed by atoms with van der Waals surface area (Å²) >= 11 is 6.84. The number of nitrogens with two attached hydrogens (primary N) is 1. The monoisotopic (exact) mass is 532 g/mol. The molecule has 3 aliphatic rings. The maximum absolute atomic E-state index is 12.9. The summed E-state index contributed by atoms with van der Waals surface area (Å²) in [6.07, 6.45) is -0.838. The molecule has 2 aliphatic heterocycles. The first-order valence-electron chi connectivity index (χ1n) is 11.2. The van der Waals surface area contributed by atoms with Crippen LogP contribution in [0, 0.1) is 12.8 Å². The Bertz CT molecular complexity index is 1300. The Labute approximate surface area is 207 Å². The van der Waals surface area contributed by atoms with Crippen LogP contribution < -0.4 is 16.1 Å². The average Bonchev–Trinajstić information content (AvgIpc) is 3.46. The van der Waals surface area contributed by atoms with Crippen LogP contribution in [0.2, 0.25) is 5.02 Å². The van der Waals surface area contributed by atoms with E-state index in [4.69, 9.17) is 32.0 Å². The number of fused-ring (bicyclic) bond motifs is 2. The minimum Gasteiger partial charge on any atom is -0.477 e. The van der Waals surface area contributed by atoms with Gasteiger partial charge in [-0.1, -0.05) is 11.6 Å². The van der Waals surface area contributed by atoms with Crippen molar-refractivity contribution in [3.8, 4) is 0 Å². The fourth-order valence-corrected chi connectivity index (χ4v) is 5.24. The van der Waals surface area contributed by atoms with Gasteiger partial charge in [-0.05, 0) is 26.2 Å². The molecule has 0 spiro atoms. The summed E-state index contributed by atoms with van der Waals surface area (Å²) in [5.74, 6) is -3.06. The van der Waals surface area contributed by atoms with Crippen molar-refractivity contribution >= 4 is 40.3 Å². The molecule has 0 radical (unpaired) electrons. The van der Waals surface area contributed by atoms with Crippen molar-refractivity contribution in [3.63, 3.8) is 0 Å². The summed E-state index contributed by atoms with van der Waals surface area (Å²) in [4.78, 5) is 40.1. The molecule has 4 heterocycles. The second-order valence-corrected chi connectivity index (χ2v) is 9.54. The molecule has 1 aliphatic carbocycles. The SMILES string of the molecule is Cc1nc(N2CC3CCOC3(CN)C2)c(Cl)c2c1c(=O)c(C(=O)O)cn2C1CC1.O=C(O)C(F)(F)F. The highest BCUT2D eigenvalue weighted by molar-refractivity contribution is 6.37. The molecule has 1 saturated carbocycles. The molecule has 0 aromatic carbocycles. The van der Waals surface area contributed by atoms with E-state index in [0.717, 1.165) is 25.8 Å². The summed E-state index contributed by atoms with van der Waals surface area (Å²) in [6, 6.07) is 0.153. The van der Waals surface area contributed by atoms with Crippen LogP contribution in [0.4, 0.5) is 19.0 Å². The predicted octanol–water partition coefficient (Wildman–Crippen LogP) is 2.58. The van der Waals surface area contributed by atoms with Gasteiger partial charge in [-0.25, -0.2) is 14.6 Å². The van der Waals surface area contributed by atoms with Crippen molar-refractivity contribution in [2.24, 2.45) is 11.7 Å². The number of halogens is 4. The average molecular weight is 533 g/mol. The minimum absolute atomic E-state index is 0.153. The molecule has 2 aromatic heterocycles. The largest absolute Gasteiger partial charge is 0.490 e. The lowest BCUT2D eigenvalue weighted by molar-refractivity contribution is -0.192. The number of ether oxygens (including phenoxy) is 1. The number of rotatable bonds is 4. The van der Waals surface area contributed by atoms with E-state index in [9.17, 15) is 27.9 Å². The number of carboxylic acid groups (broad SMARTS) is 2. The van der Waals surface area contributed by atoms with E-state index >= 15 is 0 Å². The topological polar surface area (TPSA) is 148 Å². The molecule has 0 amide bonds. The second kappa shape index (κ2) is 9.20. The van der Waals surface area contributed by atoms with Gasteiger partial charge in [0.1, 0.15) is 22.0 Å². The molecule has 3 fully saturated rings. The first-order chi connectivity index (χ1) is 16.8. The van der Waals surface area contributed by atoms with Crippen LogP contribution in [0.15, 0.2) is 11.0 Å². The van der Waals surface area contributed by atoms with Crippen LogP contribution in [-0.2, 0) is 9.53 Å². The van der Waals surface area contributed by atoms with Gasteiger partial charge in [-0.15, -0.1) is 0 Å². The van der Waals surface area contributed by atoms with E-state index in [1.165, 1.54) is 6.20 Å². The third kappa shape index (κ3) is 4.50. The Kier molecular flexibility index (Phi) is 6.69. The number of nitrogens with zero attached hydrogens (tertiary/aromatic N) is 3.